The predicted octanol–water partition coefficient (Wildman–Crippen LogP) is 3.26. The molecule has 2 atom stereocenters. The first-order valence-corrected chi connectivity index (χ1v) is 9.21. The Kier molecular flexibility index (Phi) is 3.80. The number of nitrogens with one attached hydrogen (secondary N) is 3. The molecule has 1 aliphatic rings. The maximum atomic E-state index is 13.5. The molecule has 3 N–H and O–H groups in total. The molecular weight excluding hydrogens is 354 g/mol. The van der Waals surface area contributed by atoms with Gasteiger partial charge in [-0.3, -0.25) is 14.9 Å². The van der Waals surface area contributed by atoms with Crippen LogP contribution in [0.4, 0.5) is 0 Å². The van der Waals surface area contributed by atoms with Crippen LogP contribution in [0.2, 0.25) is 0 Å². The van der Waals surface area contributed by atoms with E-state index in [1.54, 1.807) is 6.20 Å². The summed E-state index contributed by atoms with van der Waals surface area (Å²) in [6.45, 7) is 0. The number of esters is 1. The van der Waals surface area contributed by atoms with Crippen LogP contribution in [0.25, 0.3) is 21.8 Å². The van der Waals surface area contributed by atoms with Crippen molar-refractivity contribution in [2.24, 2.45) is 0 Å². The highest BCUT2D eigenvalue weighted by Crippen LogP contribution is 2.34. The number of aromatic nitrogens is 2. The number of carbonyl (C=O) groups excluding carboxylic acids is 2. The molecule has 2 aromatic heterocycles. The van der Waals surface area contributed by atoms with E-state index in [9.17, 15) is 9.59 Å². The highest BCUT2D eigenvalue weighted by molar-refractivity contribution is 6.11. The van der Waals surface area contributed by atoms with Gasteiger partial charge in [-0.25, -0.2) is 0 Å². The SMILES string of the molecule is COC(=O)C1Cc2c([nH]c3ccccc23)C(C(=O)c2c[nH]c3ccccc23)N1. The molecule has 6 nitrogen and oxygen atoms in total. The van der Waals surface area contributed by atoms with Gasteiger partial charge in [0.25, 0.3) is 0 Å². The highest BCUT2D eigenvalue weighted by atomic mass is 16.5. The fourth-order valence-corrected chi connectivity index (χ4v) is 4.17. The smallest absolute Gasteiger partial charge is 0.323 e. The standard InChI is InChI=1S/C22H19N3O3/c1-28-22(27)18-10-14-12-6-3-5-9-17(12)24-19(14)20(25-18)21(26)15-11-23-16-8-4-2-7-13(15)16/h2-9,11,18,20,23-25H,10H2,1H3. The van der Waals surface area contributed by atoms with E-state index in [0.717, 1.165) is 33.1 Å². The van der Waals surface area contributed by atoms with Crippen LogP contribution in [0.1, 0.15) is 27.7 Å². The lowest BCUT2D eigenvalue weighted by Crippen LogP contribution is -2.47. The summed E-state index contributed by atoms with van der Waals surface area (Å²) in [5.41, 5.74) is 4.27. The third kappa shape index (κ3) is 2.46. The van der Waals surface area contributed by atoms with E-state index in [1.165, 1.54) is 7.11 Å². The number of H-pyrrole nitrogens is 2. The number of rotatable bonds is 3. The van der Waals surface area contributed by atoms with Crippen molar-refractivity contribution in [1.82, 2.24) is 15.3 Å². The van der Waals surface area contributed by atoms with Crippen molar-refractivity contribution in [3.63, 3.8) is 0 Å². The quantitative estimate of drug-likeness (QED) is 0.380. The molecule has 2 aromatic carbocycles. The Morgan fingerprint density at radius 2 is 1.71 bits per heavy atom. The van der Waals surface area contributed by atoms with Gasteiger partial charge in [0.2, 0.25) is 0 Å². The van der Waals surface area contributed by atoms with Gasteiger partial charge in [0, 0.05) is 45.7 Å². The predicted molar refractivity (Wildman–Crippen MR) is 106 cm³/mol. The lowest BCUT2D eigenvalue weighted by molar-refractivity contribution is -0.143. The molecule has 0 saturated heterocycles. The Morgan fingerprint density at radius 1 is 1.00 bits per heavy atom. The zero-order chi connectivity index (χ0) is 19.3. The van der Waals surface area contributed by atoms with Gasteiger partial charge in [-0.2, -0.15) is 0 Å². The van der Waals surface area contributed by atoms with E-state index >= 15 is 0 Å². The molecule has 0 spiro atoms. The lowest BCUT2D eigenvalue weighted by Gasteiger charge is -2.29. The average molecular weight is 373 g/mol. The number of carbonyl (C=O) groups is 2. The molecule has 28 heavy (non-hydrogen) atoms. The number of aromatic amines is 2. The van der Waals surface area contributed by atoms with E-state index < -0.39 is 12.1 Å². The molecular formula is C22H19N3O3. The summed E-state index contributed by atoms with van der Waals surface area (Å²) < 4.78 is 4.95. The first-order valence-electron chi connectivity index (χ1n) is 9.21. The van der Waals surface area contributed by atoms with Gasteiger partial charge in [0.15, 0.2) is 5.78 Å². The second-order valence-corrected chi connectivity index (χ2v) is 7.05. The molecule has 2 unspecified atom stereocenters. The number of fused-ring (bicyclic) bond motifs is 4. The van der Waals surface area contributed by atoms with E-state index in [2.05, 4.69) is 15.3 Å². The molecule has 6 heteroatoms. The second kappa shape index (κ2) is 6.35. The van der Waals surface area contributed by atoms with Gasteiger partial charge in [-0.05, 0) is 17.7 Å². The summed E-state index contributed by atoms with van der Waals surface area (Å²) in [4.78, 5) is 32.3. The molecule has 0 bridgehead atoms. The minimum absolute atomic E-state index is 0.0844. The van der Waals surface area contributed by atoms with Gasteiger partial charge in [0.1, 0.15) is 12.1 Å². The first-order chi connectivity index (χ1) is 13.7. The van der Waals surface area contributed by atoms with Crippen molar-refractivity contribution >= 4 is 33.6 Å². The fourth-order valence-electron chi connectivity index (χ4n) is 4.17. The summed E-state index contributed by atoms with van der Waals surface area (Å²) in [6.07, 6.45) is 2.21. The minimum atomic E-state index is -0.653. The van der Waals surface area contributed by atoms with E-state index in [-0.39, 0.29) is 11.8 Å². The summed E-state index contributed by atoms with van der Waals surface area (Å²) in [7, 11) is 1.37. The molecule has 0 aliphatic carbocycles. The third-order valence-electron chi connectivity index (χ3n) is 5.51. The Labute approximate surface area is 160 Å². The molecule has 4 aromatic rings. The molecule has 0 radical (unpaired) electrons. The molecule has 0 saturated carbocycles. The van der Waals surface area contributed by atoms with Gasteiger partial charge in [0.05, 0.1) is 7.11 Å². The zero-order valence-corrected chi connectivity index (χ0v) is 15.3. The largest absolute Gasteiger partial charge is 0.468 e. The van der Waals surface area contributed by atoms with E-state index in [4.69, 9.17) is 4.74 Å². The molecule has 5 rings (SSSR count). The summed E-state index contributed by atoms with van der Waals surface area (Å²) in [5.74, 6) is -0.452. The normalized spacial score (nSPS) is 18.9. The van der Waals surface area contributed by atoms with Gasteiger partial charge < -0.3 is 14.7 Å². The molecule has 0 amide bonds. The third-order valence-corrected chi connectivity index (χ3v) is 5.51. The first kappa shape index (κ1) is 16.8. The Bertz CT molecular complexity index is 1220. The second-order valence-electron chi connectivity index (χ2n) is 7.05. The molecule has 3 heterocycles. The fraction of sp³-hybridized carbons (Fsp3) is 0.182. The maximum absolute atomic E-state index is 13.5. The van der Waals surface area contributed by atoms with Gasteiger partial charge >= 0.3 is 5.97 Å². The minimum Gasteiger partial charge on any atom is -0.468 e. The van der Waals surface area contributed by atoms with Crippen molar-refractivity contribution in [3.8, 4) is 0 Å². The number of methoxy groups -OCH3 is 1. The van der Waals surface area contributed by atoms with E-state index in [1.807, 2.05) is 48.5 Å². The molecule has 140 valence electrons. The monoisotopic (exact) mass is 373 g/mol. The number of hydrogen-bond acceptors (Lipinski definition) is 4. The number of ketones is 1. The average Bonchev–Trinajstić information content (AvgIpc) is 3.33. The van der Waals surface area contributed by atoms with Crippen molar-refractivity contribution in [1.29, 1.82) is 0 Å². The summed E-state index contributed by atoms with van der Waals surface area (Å²) in [5, 5.41) is 5.10. The molecule has 1 aliphatic heterocycles. The van der Waals surface area contributed by atoms with Crippen LogP contribution in [0.5, 0.6) is 0 Å². The van der Waals surface area contributed by atoms with Crippen LogP contribution in [0.15, 0.2) is 54.7 Å². The number of benzene rings is 2. The van der Waals surface area contributed by atoms with Gasteiger partial charge in [-0.15, -0.1) is 0 Å². The Hall–Kier alpha value is -3.38. The van der Waals surface area contributed by atoms with Crippen LogP contribution in [0, 0.1) is 0 Å². The highest BCUT2D eigenvalue weighted by Gasteiger charge is 2.38. The van der Waals surface area contributed by atoms with Crippen molar-refractivity contribution < 1.29 is 14.3 Å². The van der Waals surface area contributed by atoms with E-state index in [0.29, 0.717) is 12.0 Å². The van der Waals surface area contributed by atoms with Crippen LogP contribution in [-0.4, -0.2) is 34.9 Å². The van der Waals surface area contributed by atoms with Crippen LogP contribution < -0.4 is 5.32 Å². The van der Waals surface area contributed by atoms with Crippen LogP contribution in [-0.2, 0) is 16.0 Å². The number of ether oxygens (including phenoxy) is 1. The van der Waals surface area contributed by atoms with Crippen LogP contribution >= 0.6 is 0 Å². The Balaban J connectivity index is 1.65. The van der Waals surface area contributed by atoms with Crippen LogP contribution in [0.3, 0.4) is 0 Å². The Morgan fingerprint density at radius 3 is 2.50 bits per heavy atom. The summed E-state index contributed by atoms with van der Waals surface area (Å²) in [6, 6.07) is 14.4. The van der Waals surface area contributed by atoms with Crippen molar-refractivity contribution in [2.45, 2.75) is 18.5 Å². The van der Waals surface area contributed by atoms with Crippen molar-refractivity contribution in [3.05, 3.63) is 71.5 Å². The lowest BCUT2D eigenvalue weighted by atomic mass is 9.90. The summed E-state index contributed by atoms with van der Waals surface area (Å²) >= 11 is 0. The number of Topliss-reactive ketones (excluding diaryl/α,β-unsaturated/α-hetero) is 1. The maximum Gasteiger partial charge on any atom is 0.323 e. The molecule has 0 fully saturated rings. The van der Waals surface area contributed by atoms with Gasteiger partial charge in [-0.1, -0.05) is 36.4 Å². The number of hydrogen-bond donors (Lipinski definition) is 3. The zero-order valence-electron chi connectivity index (χ0n) is 15.3. The van der Waals surface area contributed by atoms with Crippen molar-refractivity contribution in [2.75, 3.05) is 7.11 Å². The topological polar surface area (TPSA) is 87.0 Å². The number of para-hydroxylation sites is 2.